The van der Waals surface area contributed by atoms with Crippen LogP contribution in [-0.2, 0) is 0 Å². The summed E-state index contributed by atoms with van der Waals surface area (Å²) in [6.45, 7) is 7.21. The SMILES string of the molecule is Cc1cccc(N2CCN(C(=O)Nc3cc(Cl)ccc3Cl)CC2)c1C.Cl. The first-order valence-electron chi connectivity index (χ1n) is 8.28. The average molecular weight is 415 g/mol. The number of rotatable bonds is 2. The predicted molar refractivity (Wildman–Crippen MR) is 112 cm³/mol. The van der Waals surface area contributed by atoms with Gasteiger partial charge in [-0.1, -0.05) is 35.3 Å². The second-order valence-electron chi connectivity index (χ2n) is 6.25. The van der Waals surface area contributed by atoms with Crippen molar-refractivity contribution in [1.29, 1.82) is 0 Å². The smallest absolute Gasteiger partial charge is 0.322 e. The second kappa shape index (κ2) is 8.85. The minimum absolute atomic E-state index is 0. The number of benzene rings is 2. The Balaban J connectivity index is 0.00000243. The minimum atomic E-state index is -0.148. The summed E-state index contributed by atoms with van der Waals surface area (Å²) in [6, 6.07) is 11.2. The number of carbonyl (C=O) groups excluding carboxylic acids is 1. The topological polar surface area (TPSA) is 35.6 Å². The molecule has 0 saturated carbocycles. The van der Waals surface area contributed by atoms with E-state index in [4.69, 9.17) is 23.2 Å². The molecule has 0 spiro atoms. The molecule has 0 bridgehead atoms. The van der Waals surface area contributed by atoms with Crippen molar-refractivity contribution in [3.8, 4) is 0 Å². The lowest BCUT2D eigenvalue weighted by Crippen LogP contribution is -2.50. The summed E-state index contributed by atoms with van der Waals surface area (Å²) in [5.41, 5.74) is 4.37. The lowest BCUT2D eigenvalue weighted by atomic mass is 10.1. The molecule has 4 nitrogen and oxygen atoms in total. The Morgan fingerprint density at radius 2 is 1.73 bits per heavy atom. The van der Waals surface area contributed by atoms with Crippen molar-refractivity contribution < 1.29 is 4.79 Å². The van der Waals surface area contributed by atoms with Gasteiger partial charge in [-0.2, -0.15) is 0 Å². The van der Waals surface area contributed by atoms with Crippen molar-refractivity contribution >= 4 is 53.0 Å². The Kier molecular flexibility index (Phi) is 7.04. The van der Waals surface area contributed by atoms with Gasteiger partial charge in [0.1, 0.15) is 0 Å². The molecule has 7 heteroatoms. The summed E-state index contributed by atoms with van der Waals surface area (Å²) >= 11 is 12.1. The molecule has 0 radical (unpaired) electrons. The van der Waals surface area contributed by atoms with Gasteiger partial charge >= 0.3 is 6.03 Å². The van der Waals surface area contributed by atoms with Crippen LogP contribution < -0.4 is 10.2 Å². The van der Waals surface area contributed by atoms with E-state index >= 15 is 0 Å². The van der Waals surface area contributed by atoms with Crippen LogP contribution in [0.1, 0.15) is 11.1 Å². The number of carbonyl (C=O) groups is 1. The summed E-state index contributed by atoms with van der Waals surface area (Å²) in [5, 5.41) is 3.87. The van der Waals surface area contributed by atoms with Crippen LogP contribution in [0.5, 0.6) is 0 Å². The van der Waals surface area contributed by atoms with Crippen LogP contribution in [-0.4, -0.2) is 37.1 Å². The summed E-state index contributed by atoms with van der Waals surface area (Å²) in [5.74, 6) is 0. The maximum Gasteiger partial charge on any atom is 0.322 e. The number of nitrogens with zero attached hydrogens (tertiary/aromatic N) is 2. The zero-order valence-corrected chi connectivity index (χ0v) is 17.1. The molecule has 1 aliphatic rings. The third-order valence-corrected chi connectivity index (χ3v) is 5.22. The number of nitrogens with one attached hydrogen (secondary N) is 1. The van der Waals surface area contributed by atoms with Crippen molar-refractivity contribution in [1.82, 2.24) is 4.90 Å². The third-order valence-electron chi connectivity index (χ3n) is 4.65. The van der Waals surface area contributed by atoms with Gasteiger partial charge in [0.25, 0.3) is 0 Å². The van der Waals surface area contributed by atoms with Crippen LogP contribution in [0.15, 0.2) is 36.4 Å². The van der Waals surface area contributed by atoms with Gasteiger partial charge in [-0.3, -0.25) is 0 Å². The second-order valence-corrected chi connectivity index (χ2v) is 7.09. The van der Waals surface area contributed by atoms with Crippen molar-refractivity contribution in [2.45, 2.75) is 13.8 Å². The number of amides is 2. The lowest BCUT2D eigenvalue weighted by molar-refractivity contribution is 0.208. The van der Waals surface area contributed by atoms with E-state index < -0.39 is 0 Å². The largest absolute Gasteiger partial charge is 0.368 e. The van der Waals surface area contributed by atoms with Gasteiger partial charge in [-0.25, -0.2) is 4.79 Å². The molecule has 1 aliphatic heterocycles. The fourth-order valence-electron chi connectivity index (χ4n) is 3.02. The number of hydrogen-bond donors (Lipinski definition) is 1. The van der Waals surface area contributed by atoms with Crippen molar-refractivity contribution in [2.75, 3.05) is 36.4 Å². The van der Waals surface area contributed by atoms with E-state index in [1.807, 2.05) is 0 Å². The number of piperazine rings is 1. The monoisotopic (exact) mass is 413 g/mol. The van der Waals surface area contributed by atoms with E-state index in [9.17, 15) is 4.79 Å². The molecule has 0 aliphatic carbocycles. The van der Waals surface area contributed by atoms with Gasteiger partial charge in [0.05, 0.1) is 10.7 Å². The number of hydrogen-bond acceptors (Lipinski definition) is 2. The molecular weight excluding hydrogens is 393 g/mol. The van der Waals surface area contributed by atoms with E-state index in [1.54, 1.807) is 23.1 Å². The summed E-state index contributed by atoms with van der Waals surface area (Å²) in [4.78, 5) is 16.6. The molecule has 140 valence electrons. The van der Waals surface area contributed by atoms with Crippen molar-refractivity contribution in [3.63, 3.8) is 0 Å². The Labute approximate surface area is 170 Å². The fourth-order valence-corrected chi connectivity index (χ4v) is 3.35. The van der Waals surface area contributed by atoms with Gasteiger partial charge in [-0.05, 0) is 49.2 Å². The normalized spacial score (nSPS) is 14.0. The molecule has 0 atom stereocenters. The molecule has 3 rings (SSSR count). The van der Waals surface area contributed by atoms with Crippen LogP contribution in [0.2, 0.25) is 10.0 Å². The maximum atomic E-state index is 12.5. The predicted octanol–water partition coefficient (Wildman–Crippen LogP) is 5.39. The van der Waals surface area contributed by atoms with E-state index in [2.05, 4.69) is 42.3 Å². The summed E-state index contributed by atoms with van der Waals surface area (Å²) in [6.07, 6.45) is 0. The number of halogens is 3. The zero-order valence-electron chi connectivity index (χ0n) is 14.8. The van der Waals surface area contributed by atoms with Crippen LogP contribution in [0, 0.1) is 13.8 Å². The summed E-state index contributed by atoms with van der Waals surface area (Å²) < 4.78 is 0. The minimum Gasteiger partial charge on any atom is -0.368 e. The fraction of sp³-hybridized carbons (Fsp3) is 0.316. The number of anilines is 2. The quantitative estimate of drug-likeness (QED) is 0.715. The molecule has 2 amide bonds. The first kappa shape index (κ1) is 20.7. The van der Waals surface area contributed by atoms with E-state index in [-0.39, 0.29) is 18.4 Å². The Hall–Kier alpha value is -1.62. The molecule has 2 aromatic rings. The Bertz CT molecular complexity index is 790. The lowest BCUT2D eigenvalue weighted by Gasteiger charge is -2.37. The molecule has 1 saturated heterocycles. The van der Waals surface area contributed by atoms with E-state index in [0.717, 1.165) is 13.1 Å². The highest BCUT2D eigenvalue weighted by atomic mass is 35.5. The highest BCUT2D eigenvalue weighted by Crippen LogP contribution is 2.27. The van der Waals surface area contributed by atoms with Gasteiger partial charge in [-0.15, -0.1) is 12.4 Å². The van der Waals surface area contributed by atoms with Crippen LogP contribution in [0.25, 0.3) is 0 Å². The molecule has 1 fully saturated rings. The van der Waals surface area contributed by atoms with Crippen LogP contribution in [0.4, 0.5) is 16.2 Å². The van der Waals surface area contributed by atoms with Crippen molar-refractivity contribution in [3.05, 3.63) is 57.6 Å². The molecule has 1 N–H and O–H groups in total. The molecular formula is C19H22Cl3N3O. The van der Waals surface area contributed by atoms with E-state index in [1.165, 1.54) is 16.8 Å². The molecule has 26 heavy (non-hydrogen) atoms. The van der Waals surface area contributed by atoms with Gasteiger partial charge < -0.3 is 15.1 Å². The van der Waals surface area contributed by atoms with Gasteiger partial charge in [0, 0.05) is 36.9 Å². The molecule has 1 heterocycles. The zero-order chi connectivity index (χ0) is 18.0. The highest BCUT2D eigenvalue weighted by Gasteiger charge is 2.22. The molecule has 2 aromatic carbocycles. The first-order valence-corrected chi connectivity index (χ1v) is 9.03. The maximum absolute atomic E-state index is 12.5. The Morgan fingerprint density at radius 1 is 1.04 bits per heavy atom. The van der Waals surface area contributed by atoms with Crippen LogP contribution >= 0.6 is 35.6 Å². The van der Waals surface area contributed by atoms with Crippen molar-refractivity contribution in [2.24, 2.45) is 0 Å². The highest BCUT2D eigenvalue weighted by molar-refractivity contribution is 6.35. The first-order chi connectivity index (χ1) is 12.0. The molecule has 0 aromatic heterocycles. The Morgan fingerprint density at radius 3 is 2.42 bits per heavy atom. The van der Waals surface area contributed by atoms with E-state index in [0.29, 0.717) is 28.8 Å². The number of urea groups is 1. The average Bonchev–Trinajstić information content (AvgIpc) is 2.61. The number of aryl methyl sites for hydroxylation is 1. The standard InChI is InChI=1S/C19H21Cl2N3O.ClH/c1-13-4-3-5-18(14(13)2)23-8-10-24(11-9-23)19(25)22-17-12-15(20)6-7-16(17)21;/h3-7,12H,8-11H2,1-2H3,(H,22,25);1H. The molecule has 0 unspecified atom stereocenters. The third kappa shape index (κ3) is 4.56. The summed E-state index contributed by atoms with van der Waals surface area (Å²) in [7, 11) is 0. The van der Waals surface area contributed by atoms with Crippen LogP contribution in [0.3, 0.4) is 0 Å². The van der Waals surface area contributed by atoms with Gasteiger partial charge in [0.2, 0.25) is 0 Å². The van der Waals surface area contributed by atoms with Gasteiger partial charge in [0.15, 0.2) is 0 Å².